The number of hydrogen-bond donors (Lipinski definition) is 1. The molecule has 0 spiro atoms. The first kappa shape index (κ1) is 20.9. The second kappa shape index (κ2) is 10.7. The molecule has 1 unspecified atom stereocenters. The zero-order chi connectivity index (χ0) is 16.7. The second-order valence-electron chi connectivity index (χ2n) is 5.90. The molecule has 0 radical (unpaired) electrons. The number of guanidine groups is 1. The number of likely N-dealkylation sites (N-methyl/N-ethyl adjacent to an activating group) is 1. The second-order valence-corrected chi connectivity index (χ2v) is 6.87. The van der Waals surface area contributed by atoms with E-state index < -0.39 is 0 Å². The van der Waals surface area contributed by atoms with Gasteiger partial charge in [-0.15, -0.1) is 35.3 Å². The van der Waals surface area contributed by atoms with E-state index in [0.717, 1.165) is 12.5 Å². The van der Waals surface area contributed by atoms with Gasteiger partial charge in [-0.25, -0.2) is 4.99 Å². The highest BCUT2D eigenvalue weighted by Gasteiger charge is 2.16. The van der Waals surface area contributed by atoms with Gasteiger partial charge in [0.15, 0.2) is 5.96 Å². The van der Waals surface area contributed by atoms with Crippen LogP contribution in [-0.4, -0.2) is 50.5 Å². The molecule has 0 aliphatic rings. The standard InChI is InChI=1S/C18H26N4S.HI/c1-21(2)16(17-11-8-12-23-17)14-20-18(22(3)4)19-13-15-9-6-5-7-10-15;/h5-12,16H,13-14H2,1-4H3,(H,19,20);1H. The molecule has 4 nitrogen and oxygen atoms in total. The molecule has 0 saturated heterocycles. The van der Waals surface area contributed by atoms with Crippen molar-refractivity contribution in [3.63, 3.8) is 0 Å². The number of nitrogens with zero attached hydrogens (tertiary/aromatic N) is 3. The Morgan fingerprint density at radius 2 is 1.79 bits per heavy atom. The molecule has 1 heterocycles. The normalized spacial score (nSPS) is 12.6. The summed E-state index contributed by atoms with van der Waals surface area (Å²) in [6.07, 6.45) is 0. The molecule has 0 aliphatic carbocycles. The molecule has 0 aliphatic heterocycles. The minimum atomic E-state index is 0. The van der Waals surface area contributed by atoms with E-state index in [4.69, 9.17) is 4.99 Å². The Bertz CT molecular complexity index is 597. The van der Waals surface area contributed by atoms with Gasteiger partial charge in [0, 0.05) is 25.5 Å². The first-order valence-corrected chi connectivity index (χ1v) is 8.65. The van der Waals surface area contributed by atoms with Gasteiger partial charge in [-0.1, -0.05) is 36.4 Å². The van der Waals surface area contributed by atoms with Gasteiger partial charge in [-0.05, 0) is 31.1 Å². The Balaban J connectivity index is 0.00000288. The first-order chi connectivity index (χ1) is 11.1. The van der Waals surface area contributed by atoms with Gasteiger partial charge in [0.1, 0.15) is 0 Å². The van der Waals surface area contributed by atoms with E-state index in [1.165, 1.54) is 10.4 Å². The Morgan fingerprint density at radius 3 is 2.33 bits per heavy atom. The minimum absolute atomic E-state index is 0. The molecule has 6 heteroatoms. The van der Waals surface area contributed by atoms with Crippen molar-refractivity contribution in [2.24, 2.45) is 4.99 Å². The van der Waals surface area contributed by atoms with E-state index in [1.807, 2.05) is 37.2 Å². The largest absolute Gasteiger partial charge is 0.354 e. The first-order valence-electron chi connectivity index (χ1n) is 7.77. The van der Waals surface area contributed by atoms with Gasteiger partial charge >= 0.3 is 0 Å². The van der Waals surface area contributed by atoms with E-state index >= 15 is 0 Å². The van der Waals surface area contributed by atoms with Crippen molar-refractivity contribution in [2.75, 3.05) is 34.7 Å². The lowest BCUT2D eigenvalue weighted by molar-refractivity contribution is 0.300. The predicted molar refractivity (Wildman–Crippen MR) is 115 cm³/mol. The number of benzene rings is 1. The molecular weight excluding hydrogens is 431 g/mol. The van der Waals surface area contributed by atoms with E-state index in [-0.39, 0.29) is 24.0 Å². The number of nitrogens with one attached hydrogen (secondary N) is 1. The molecule has 0 amide bonds. The summed E-state index contributed by atoms with van der Waals surface area (Å²) >= 11 is 1.79. The molecule has 1 aromatic carbocycles. The maximum absolute atomic E-state index is 4.72. The molecule has 132 valence electrons. The summed E-state index contributed by atoms with van der Waals surface area (Å²) in [7, 11) is 8.27. The van der Waals surface area contributed by atoms with Crippen molar-refractivity contribution in [1.82, 2.24) is 15.1 Å². The molecular formula is C18H27IN4S. The molecule has 1 atom stereocenters. The molecule has 0 bridgehead atoms. The van der Waals surface area contributed by atoms with Crippen LogP contribution in [0, 0.1) is 0 Å². The smallest absolute Gasteiger partial charge is 0.193 e. The zero-order valence-electron chi connectivity index (χ0n) is 14.8. The third-order valence-electron chi connectivity index (χ3n) is 3.63. The average Bonchev–Trinajstić information content (AvgIpc) is 3.05. The van der Waals surface area contributed by atoms with Crippen LogP contribution in [0.1, 0.15) is 16.5 Å². The summed E-state index contributed by atoms with van der Waals surface area (Å²) in [5, 5.41) is 5.63. The van der Waals surface area contributed by atoms with E-state index in [0.29, 0.717) is 12.6 Å². The summed E-state index contributed by atoms with van der Waals surface area (Å²) in [6.45, 7) is 1.52. The molecule has 0 fully saturated rings. The number of aliphatic imine (C=N–C) groups is 1. The number of thiophene rings is 1. The highest BCUT2D eigenvalue weighted by atomic mass is 127. The molecule has 2 rings (SSSR count). The van der Waals surface area contributed by atoms with Crippen molar-refractivity contribution < 1.29 is 0 Å². The minimum Gasteiger partial charge on any atom is -0.354 e. The van der Waals surface area contributed by atoms with Gasteiger partial charge in [-0.3, -0.25) is 0 Å². The highest BCUT2D eigenvalue weighted by Crippen LogP contribution is 2.22. The van der Waals surface area contributed by atoms with Crippen molar-refractivity contribution in [1.29, 1.82) is 0 Å². The van der Waals surface area contributed by atoms with Crippen LogP contribution in [0.3, 0.4) is 0 Å². The summed E-state index contributed by atoms with van der Waals surface area (Å²) in [5.74, 6) is 0.914. The van der Waals surface area contributed by atoms with Crippen LogP contribution < -0.4 is 5.32 Å². The third-order valence-corrected chi connectivity index (χ3v) is 4.60. The van der Waals surface area contributed by atoms with Crippen molar-refractivity contribution in [3.05, 3.63) is 58.3 Å². The number of rotatable bonds is 6. The summed E-state index contributed by atoms with van der Waals surface area (Å²) < 4.78 is 0. The van der Waals surface area contributed by atoms with Gasteiger partial charge < -0.3 is 15.1 Å². The van der Waals surface area contributed by atoms with Crippen LogP contribution in [0.5, 0.6) is 0 Å². The van der Waals surface area contributed by atoms with Crippen LogP contribution in [-0.2, 0) is 6.54 Å². The lowest BCUT2D eigenvalue weighted by atomic mass is 10.2. The van der Waals surface area contributed by atoms with Crippen LogP contribution in [0.15, 0.2) is 52.8 Å². The van der Waals surface area contributed by atoms with Crippen LogP contribution in [0.4, 0.5) is 0 Å². The van der Waals surface area contributed by atoms with E-state index in [9.17, 15) is 0 Å². The number of halogens is 1. The van der Waals surface area contributed by atoms with Crippen molar-refractivity contribution in [3.8, 4) is 0 Å². The van der Waals surface area contributed by atoms with E-state index in [1.54, 1.807) is 11.3 Å². The third kappa shape index (κ3) is 6.41. The topological polar surface area (TPSA) is 30.9 Å². The summed E-state index contributed by atoms with van der Waals surface area (Å²) in [6, 6.07) is 15.0. The van der Waals surface area contributed by atoms with Gasteiger partial charge in [0.25, 0.3) is 0 Å². The molecule has 24 heavy (non-hydrogen) atoms. The highest BCUT2D eigenvalue weighted by molar-refractivity contribution is 14.0. The summed E-state index contributed by atoms with van der Waals surface area (Å²) in [4.78, 5) is 10.4. The maximum atomic E-state index is 4.72. The molecule has 2 aromatic rings. The Hall–Kier alpha value is -1.12. The van der Waals surface area contributed by atoms with Gasteiger partial charge in [0.2, 0.25) is 0 Å². The molecule has 0 saturated carbocycles. The fourth-order valence-corrected chi connectivity index (χ4v) is 3.23. The van der Waals surface area contributed by atoms with Crippen molar-refractivity contribution >= 4 is 41.3 Å². The van der Waals surface area contributed by atoms with Crippen LogP contribution in [0.2, 0.25) is 0 Å². The SMILES string of the molecule is CN(C)C(=NCc1ccccc1)NCC(c1cccs1)N(C)C.I. The Labute approximate surface area is 166 Å². The number of hydrogen-bond acceptors (Lipinski definition) is 3. The fourth-order valence-electron chi connectivity index (χ4n) is 2.31. The lowest BCUT2D eigenvalue weighted by Crippen LogP contribution is -2.41. The van der Waals surface area contributed by atoms with Crippen LogP contribution >= 0.6 is 35.3 Å². The maximum Gasteiger partial charge on any atom is 0.193 e. The predicted octanol–water partition coefficient (Wildman–Crippen LogP) is 3.68. The fraction of sp³-hybridized carbons (Fsp3) is 0.389. The monoisotopic (exact) mass is 458 g/mol. The summed E-state index contributed by atoms with van der Waals surface area (Å²) in [5.41, 5.74) is 1.22. The Morgan fingerprint density at radius 1 is 1.08 bits per heavy atom. The molecule has 1 aromatic heterocycles. The van der Waals surface area contributed by atoms with Crippen LogP contribution in [0.25, 0.3) is 0 Å². The van der Waals surface area contributed by atoms with Gasteiger partial charge in [-0.2, -0.15) is 0 Å². The van der Waals surface area contributed by atoms with E-state index in [2.05, 4.69) is 54.0 Å². The lowest BCUT2D eigenvalue weighted by Gasteiger charge is -2.26. The molecule has 1 N–H and O–H groups in total. The quantitative estimate of drug-likeness (QED) is 0.407. The van der Waals surface area contributed by atoms with Gasteiger partial charge in [0.05, 0.1) is 12.6 Å². The Kier molecular flexibility index (Phi) is 9.31. The average molecular weight is 458 g/mol. The zero-order valence-corrected chi connectivity index (χ0v) is 17.9. The van der Waals surface area contributed by atoms with Crippen molar-refractivity contribution in [2.45, 2.75) is 12.6 Å².